The first-order chi connectivity index (χ1) is 16.3. The van der Waals surface area contributed by atoms with E-state index in [9.17, 15) is 0 Å². The molecule has 0 spiro atoms. The highest BCUT2D eigenvalue weighted by Gasteiger charge is 2.24. The van der Waals surface area contributed by atoms with Crippen LogP contribution >= 0.6 is 22.9 Å². The zero-order valence-electron chi connectivity index (χ0n) is 18.1. The third-order valence-electron chi connectivity index (χ3n) is 6.16. The maximum atomic E-state index is 6.54. The van der Waals surface area contributed by atoms with Gasteiger partial charge in [-0.25, -0.2) is 4.98 Å². The van der Waals surface area contributed by atoms with E-state index < -0.39 is 0 Å². The van der Waals surface area contributed by atoms with Gasteiger partial charge >= 0.3 is 0 Å². The van der Waals surface area contributed by atoms with E-state index in [0.717, 1.165) is 63.5 Å². The molecule has 0 bridgehead atoms. The van der Waals surface area contributed by atoms with E-state index in [2.05, 4.69) is 37.6 Å². The number of thiophene rings is 1. The van der Waals surface area contributed by atoms with Crippen molar-refractivity contribution < 1.29 is 4.74 Å². The summed E-state index contributed by atoms with van der Waals surface area (Å²) in [7, 11) is 0. The molecule has 5 heterocycles. The first-order valence-corrected chi connectivity index (χ1v) is 12.6. The van der Waals surface area contributed by atoms with Crippen molar-refractivity contribution in [1.82, 2.24) is 25.3 Å². The normalized spacial score (nSPS) is 16.8. The minimum Gasteiger partial charge on any atom is -0.471 e. The first kappa shape index (κ1) is 20.8. The van der Waals surface area contributed by atoms with Crippen LogP contribution in [-0.2, 0) is 6.61 Å². The molecule has 10 heteroatoms. The van der Waals surface area contributed by atoms with Crippen molar-refractivity contribution in [2.75, 3.05) is 49.1 Å². The third-order valence-corrected chi connectivity index (χ3v) is 7.42. The standard InChI is InChI=1S/C23H24ClN7OS/c24-19-22(32-13-15-14-33-17-6-2-1-5-16(15)17)27-20-18(26-19)21(30-9-3-4-10-30)29-23(28-20)31-11-7-25-8-12-31/h1-2,5-6,14,25H,3-4,7-13H2. The van der Waals surface area contributed by atoms with E-state index in [-0.39, 0.29) is 5.15 Å². The Morgan fingerprint density at radius 3 is 2.64 bits per heavy atom. The highest BCUT2D eigenvalue weighted by atomic mass is 35.5. The molecule has 1 N–H and O–H groups in total. The molecule has 33 heavy (non-hydrogen) atoms. The van der Waals surface area contributed by atoms with E-state index in [0.29, 0.717) is 29.6 Å². The van der Waals surface area contributed by atoms with Crippen molar-refractivity contribution in [1.29, 1.82) is 0 Å². The lowest BCUT2D eigenvalue weighted by Crippen LogP contribution is -2.44. The monoisotopic (exact) mass is 481 g/mol. The summed E-state index contributed by atoms with van der Waals surface area (Å²) in [5.41, 5.74) is 2.26. The van der Waals surface area contributed by atoms with Crippen molar-refractivity contribution in [3.05, 3.63) is 40.4 Å². The van der Waals surface area contributed by atoms with Gasteiger partial charge in [0.2, 0.25) is 5.95 Å². The highest BCUT2D eigenvalue weighted by molar-refractivity contribution is 7.17. The Hall–Kier alpha value is -2.75. The number of fused-ring (bicyclic) bond motifs is 2. The first-order valence-electron chi connectivity index (χ1n) is 11.3. The van der Waals surface area contributed by atoms with Gasteiger partial charge < -0.3 is 19.9 Å². The van der Waals surface area contributed by atoms with Crippen LogP contribution < -0.4 is 19.9 Å². The quantitative estimate of drug-likeness (QED) is 0.460. The number of hydrogen-bond donors (Lipinski definition) is 1. The van der Waals surface area contributed by atoms with Crippen LogP contribution in [0.15, 0.2) is 29.6 Å². The molecule has 6 rings (SSSR count). The zero-order chi connectivity index (χ0) is 22.2. The number of nitrogens with zero attached hydrogens (tertiary/aromatic N) is 6. The van der Waals surface area contributed by atoms with Gasteiger partial charge in [0.15, 0.2) is 22.1 Å². The van der Waals surface area contributed by atoms with Crippen LogP contribution in [0.25, 0.3) is 21.3 Å². The SMILES string of the molecule is Clc1nc2c(N3CCCC3)nc(N3CCNCC3)nc2nc1OCc1csc2ccccc12. The molecule has 0 radical (unpaired) electrons. The van der Waals surface area contributed by atoms with Crippen LogP contribution in [0.5, 0.6) is 5.88 Å². The molecule has 2 saturated heterocycles. The minimum absolute atomic E-state index is 0.237. The van der Waals surface area contributed by atoms with Crippen molar-refractivity contribution in [2.45, 2.75) is 19.4 Å². The van der Waals surface area contributed by atoms with E-state index in [1.54, 1.807) is 11.3 Å². The Kier molecular flexibility index (Phi) is 5.61. The lowest BCUT2D eigenvalue weighted by Gasteiger charge is -2.28. The molecule has 0 saturated carbocycles. The Bertz CT molecular complexity index is 1300. The molecular formula is C23H24ClN7OS. The minimum atomic E-state index is 0.237. The van der Waals surface area contributed by atoms with Crippen LogP contribution in [0.1, 0.15) is 18.4 Å². The number of aromatic nitrogens is 4. The third kappa shape index (κ3) is 4.05. The second-order valence-electron chi connectivity index (χ2n) is 8.32. The fourth-order valence-corrected chi connectivity index (χ4v) is 5.55. The van der Waals surface area contributed by atoms with Crippen LogP contribution in [0.2, 0.25) is 5.15 Å². The zero-order valence-corrected chi connectivity index (χ0v) is 19.7. The Balaban J connectivity index is 1.37. The fourth-order valence-electron chi connectivity index (χ4n) is 4.42. The highest BCUT2D eigenvalue weighted by Crippen LogP contribution is 2.32. The molecule has 2 fully saturated rings. The molecule has 8 nitrogen and oxygen atoms in total. The molecule has 2 aliphatic heterocycles. The number of nitrogens with one attached hydrogen (secondary N) is 1. The summed E-state index contributed by atoms with van der Waals surface area (Å²) in [5.74, 6) is 1.81. The van der Waals surface area contributed by atoms with E-state index in [1.807, 2.05) is 12.1 Å². The number of benzene rings is 1. The summed E-state index contributed by atoms with van der Waals surface area (Å²) in [6, 6.07) is 8.30. The van der Waals surface area contributed by atoms with Gasteiger partial charge in [-0.15, -0.1) is 11.3 Å². The van der Waals surface area contributed by atoms with Gasteiger partial charge in [-0.1, -0.05) is 29.8 Å². The van der Waals surface area contributed by atoms with Gasteiger partial charge in [-0.3, -0.25) is 0 Å². The average molecular weight is 482 g/mol. The largest absolute Gasteiger partial charge is 0.471 e. The molecule has 0 unspecified atom stereocenters. The maximum Gasteiger partial charge on any atom is 0.254 e. The van der Waals surface area contributed by atoms with E-state index in [4.69, 9.17) is 31.3 Å². The summed E-state index contributed by atoms with van der Waals surface area (Å²) in [6.07, 6.45) is 2.29. The smallest absolute Gasteiger partial charge is 0.254 e. The van der Waals surface area contributed by atoms with Crippen LogP contribution in [0.3, 0.4) is 0 Å². The van der Waals surface area contributed by atoms with Gasteiger partial charge in [0.1, 0.15) is 6.61 Å². The predicted octanol–water partition coefficient (Wildman–Crippen LogP) is 3.88. The fraction of sp³-hybridized carbons (Fsp3) is 0.391. The topological polar surface area (TPSA) is 79.3 Å². The van der Waals surface area contributed by atoms with Gasteiger partial charge in [-0.2, -0.15) is 15.0 Å². The molecule has 4 aromatic rings. The van der Waals surface area contributed by atoms with Crippen molar-refractivity contribution in [3.63, 3.8) is 0 Å². The summed E-state index contributed by atoms with van der Waals surface area (Å²) >= 11 is 8.24. The number of ether oxygens (including phenoxy) is 1. The summed E-state index contributed by atoms with van der Waals surface area (Å²) in [6.45, 7) is 5.83. The molecule has 3 aromatic heterocycles. The second kappa shape index (κ2) is 8.89. The van der Waals surface area contributed by atoms with E-state index in [1.165, 1.54) is 10.1 Å². The van der Waals surface area contributed by atoms with Gasteiger partial charge in [0.25, 0.3) is 5.88 Å². The van der Waals surface area contributed by atoms with Crippen molar-refractivity contribution >= 4 is 56.0 Å². The average Bonchev–Trinajstić information content (AvgIpc) is 3.53. The number of anilines is 2. The second-order valence-corrected chi connectivity index (χ2v) is 9.59. The predicted molar refractivity (Wildman–Crippen MR) is 133 cm³/mol. The Morgan fingerprint density at radius 1 is 0.970 bits per heavy atom. The summed E-state index contributed by atoms with van der Waals surface area (Å²) < 4.78 is 7.28. The van der Waals surface area contributed by atoms with Gasteiger partial charge in [0.05, 0.1) is 0 Å². The summed E-state index contributed by atoms with van der Waals surface area (Å²) in [5, 5.41) is 6.92. The number of halogens is 1. The van der Waals surface area contributed by atoms with E-state index >= 15 is 0 Å². The Labute approximate surface area is 200 Å². The van der Waals surface area contributed by atoms with Gasteiger partial charge in [0, 0.05) is 49.5 Å². The Morgan fingerprint density at radius 2 is 1.79 bits per heavy atom. The lowest BCUT2D eigenvalue weighted by atomic mass is 10.2. The molecule has 0 amide bonds. The number of rotatable bonds is 5. The molecule has 0 aliphatic carbocycles. The van der Waals surface area contributed by atoms with Crippen LogP contribution in [-0.4, -0.2) is 59.2 Å². The molecule has 0 atom stereocenters. The van der Waals surface area contributed by atoms with Crippen molar-refractivity contribution in [2.24, 2.45) is 0 Å². The number of piperazine rings is 1. The number of hydrogen-bond acceptors (Lipinski definition) is 9. The molecular weight excluding hydrogens is 458 g/mol. The lowest BCUT2D eigenvalue weighted by molar-refractivity contribution is 0.295. The van der Waals surface area contributed by atoms with Crippen LogP contribution in [0, 0.1) is 0 Å². The van der Waals surface area contributed by atoms with Crippen LogP contribution in [0.4, 0.5) is 11.8 Å². The molecule has 2 aliphatic rings. The van der Waals surface area contributed by atoms with Gasteiger partial charge in [-0.05, 0) is 29.7 Å². The van der Waals surface area contributed by atoms with Crippen molar-refractivity contribution in [3.8, 4) is 5.88 Å². The molecule has 170 valence electrons. The summed E-state index contributed by atoms with van der Waals surface area (Å²) in [4.78, 5) is 23.5. The maximum absolute atomic E-state index is 6.54. The molecule has 1 aromatic carbocycles.